The Balaban J connectivity index is 1.31. The van der Waals surface area contributed by atoms with E-state index in [0.29, 0.717) is 12.3 Å². The molecule has 3 saturated carbocycles. The van der Waals surface area contributed by atoms with Gasteiger partial charge in [0.05, 0.1) is 18.8 Å². The third-order valence-corrected chi connectivity index (χ3v) is 10.1. The van der Waals surface area contributed by atoms with E-state index >= 15 is 0 Å². The Morgan fingerprint density at radius 2 is 2.03 bits per heavy atom. The molecular formula is C28H43N3O. The molecule has 0 bridgehead atoms. The van der Waals surface area contributed by atoms with Gasteiger partial charge in [-0.25, -0.2) is 0 Å². The summed E-state index contributed by atoms with van der Waals surface area (Å²) < 4.78 is 1.91. The fraction of sp³-hybridized carbons (Fsp3) is 0.786. The molecule has 4 heteroatoms. The molecule has 3 aliphatic carbocycles. The number of Topliss-reactive ketones (excluding diaryl/α,β-unsaturated/α-hetero) is 1. The Kier molecular flexibility index (Phi) is 6.01. The summed E-state index contributed by atoms with van der Waals surface area (Å²) in [6.45, 7) is 10.5. The fourth-order valence-corrected chi connectivity index (χ4v) is 8.65. The van der Waals surface area contributed by atoms with Gasteiger partial charge in [0, 0.05) is 23.4 Å². The first-order valence-electron chi connectivity index (χ1n) is 13.5. The summed E-state index contributed by atoms with van der Waals surface area (Å²) in [7, 11) is 0. The van der Waals surface area contributed by atoms with E-state index in [0.717, 1.165) is 48.2 Å². The Hall–Kier alpha value is -1.58. The Morgan fingerprint density at radius 1 is 1.19 bits per heavy atom. The van der Waals surface area contributed by atoms with Crippen molar-refractivity contribution in [1.29, 1.82) is 0 Å². The minimum absolute atomic E-state index is 0.207. The monoisotopic (exact) mass is 437 g/mol. The van der Waals surface area contributed by atoms with Gasteiger partial charge in [0.2, 0.25) is 0 Å². The van der Waals surface area contributed by atoms with E-state index in [1.165, 1.54) is 62.6 Å². The van der Waals surface area contributed by atoms with E-state index in [1.807, 2.05) is 4.68 Å². The van der Waals surface area contributed by atoms with E-state index in [-0.39, 0.29) is 11.3 Å². The largest absolute Gasteiger partial charge is 0.383 e. The predicted molar refractivity (Wildman–Crippen MR) is 130 cm³/mol. The second-order valence-corrected chi connectivity index (χ2v) is 11.7. The van der Waals surface area contributed by atoms with Crippen LogP contribution in [0, 0.1) is 40.9 Å². The number of allylic oxidation sites excluding steroid dienone is 1. The van der Waals surface area contributed by atoms with E-state index in [2.05, 4.69) is 45.3 Å². The molecule has 7 atom stereocenters. The molecule has 2 heterocycles. The van der Waals surface area contributed by atoms with Crippen molar-refractivity contribution in [2.24, 2.45) is 40.9 Å². The molecular weight excluding hydrogens is 394 g/mol. The van der Waals surface area contributed by atoms with E-state index in [4.69, 9.17) is 5.10 Å². The van der Waals surface area contributed by atoms with Crippen LogP contribution in [0.1, 0.15) is 96.7 Å². The van der Waals surface area contributed by atoms with Crippen molar-refractivity contribution in [2.45, 2.75) is 98.6 Å². The van der Waals surface area contributed by atoms with Crippen molar-refractivity contribution in [1.82, 2.24) is 15.1 Å². The molecule has 0 saturated heterocycles. The number of carbonyl (C=O) groups is 1. The van der Waals surface area contributed by atoms with Gasteiger partial charge in [0.25, 0.3) is 0 Å². The van der Waals surface area contributed by atoms with Crippen molar-refractivity contribution >= 4 is 11.9 Å². The van der Waals surface area contributed by atoms with Crippen LogP contribution < -0.4 is 5.32 Å². The number of nitrogens with one attached hydrogen (secondary N) is 1. The maximum absolute atomic E-state index is 13.6. The number of hydrogen-bond donors (Lipinski definition) is 1. The van der Waals surface area contributed by atoms with Crippen LogP contribution in [0.15, 0.2) is 11.9 Å². The molecule has 0 amide bonds. The molecule has 0 spiro atoms. The van der Waals surface area contributed by atoms with Crippen LogP contribution in [0.5, 0.6) is 0 Å². The summed E-state index contributed by atoms with van der Waals surface area (Å²) in [5.74, 6) is 5.06. The van der Waals surface area contributed by atoms with Gasteiger partial charge >= 0.3 is 0 Å². The fourth-order valence-electron chi connectivity index (χ4n) is 8.65. The number of rotatable bonds is 6. The molecule has 1 N–H and O–H groups in total. The van der Waals surface area contributed by atoms with Crippen LogP contribution in [0.4, 0.5) is 0 Å². The standard InChI is InChI=1S/C28H43N3O/c1-5-7-21-19(6-2)8-9-23-22(21)12-13-28(4)24(23)10-11-25(28)27(32)17-31-16-20-14-18(3)29-15-26(20)30-31/h14,16,19,21-25,29H,5-13,15,17H2,1-4H3. The molecule has 0 radical (unpaired) electrons. The number of nitrogens with zero attached hydrogens (tertiary/aromatic N) is 2. The summed E-state index contributed by atoms with van der Waals surface area (Å²) in [6.07, 6.45) is 16.1. The van der Waals surface area contributed by atoms with Crippen LogP contribution in [0.3, 0.4) is 0 Å². The first-order valence-corrected chi connectivity index (χ1v) is 13.5. The highest BCUT2D eigenvalue weighted by atomic mass is 16.1. The maximum atomic E-state index is 13.6. The zero-order valence-corrected chi connectivity index (χ0v) is 20.7. The Labute approximate surface area is 194 Å². The topological polar surface area (TPSA) is 46.9 Å². The average Bonchev–Trinajstić information content (AvgIpc) is 3.33. The van der Waals surface area contributed by atoms with Gasteiger partial charge < -0.3 is 5.32 Å². The first-order chi connectivity index (χ1) is 15.4. The van der Waals surface area contributed by atoms with Crippen LogP contribution in [0.25, 0.3) is 6.08 Å². The molecule has 176 valence electrons. The molecule has 3 fully saturated rings. The summed E-state index contributed by atoms with van der Waals surface area (Å²) in [4.78, 5) is 13.6. The molecule has 0 aromatic carbocycles. The molecule has 5 rings (SSSR count). The zero-order chi connectivity index (χ0) is 22.5. The van der Waals surface area contributed by atoms with Gasteiger partial charge in [-0.15, -0.1) is 0 Å². The Bertz CT molecular complexity index is 885. The SMILES string of the molecule is CCCC1C(CC)CCC2C1CCC1(C)C(C(=O)Cn3cc4c(n3)CNC(C)=C4)CCC21. The van der Waals surface area contributed by atoms with E-state index < -0.39 is 0 Å². The smallest absolute Gasteiger partial charge is 0.157 e. The Morgan fingerprint density at radius 3 is 2.81 bits per heavy atom. The van der Waals surface area contributed by atoms with Gasteiger partial charge in [0.15, 0.2) is 5.78 Å². The second kappa shape index (κ2) is 8.65. The molecule has 1 aromatic heterocycles. The lowest BCUT2D eigenvalue weighted by Crippen LogP contribution is -2.48. The van der Waals surface area contributed by atoms with Crippen molar-refractivity contribution < 1.29 is 4.79 Å². The second-order valence-electron chi connectivity index (χ2n) is 11.7. The van der Waals surface area contributed by atoms with Crippen molar-refractivity contribution in [3.8, 4) is 0 Å². The lowest BCUT2D eigenvalue weighted by atomic mass is 9.50. The summed E-state index contributed by atoms with van der Waals surface area (Å²) in [5.41, 5.74) is 3.61. The molecule has 4 aliphatic rings. The van der Waals surface area contributed by atoms with Gasteiger partial charge in [-0.2, -0.15) is 5.10 Å². The van der Waals surface area contributed by atoms with Crippen molar-refractivity contribution in [3.05, 3.63) is 23.2 Å². The van der Waals surface area contributed by atoms with Crippen LogP contribution in [-0.4, -0.2) is 15.6 Å². The number of fused-ring (bicyclic) bond motifs is 4. The molecule has 32 heavy (non-hydrogen) atoms. The highest BCUT2D eigenvalue weighted by molar-refractivity contribution is 5.82. The summed E-state index contributed by atoms with van der Waals surface area (Å²) >= 11 is 0. The molecule has 1 aliphatic heterocycles. The molecule has 7 unspecified atom stereocenters. The maximum Gasteiger partial charge on any atom is 0.157 e. The highest BCUT2D eigenvalue weighted by Crippen LogP contribution is 2.63. The lowest BCUT2D eigenvalue weighted by Gasteiger charge is -2.54. The predicted octanol–water partition coefficient (Wildman–Crippen LogP) is 6.21. The number of aromatic nitrogens is 2. The number of carbonyl (C=O) groups excluding carboxylic acids is 1. The van der Waals surface area contributed by atoms with Gasteiger partial charge in [-0.3, -0.25) is 9.48 Å². The number of ketones is 1. The minimum atomic E-state index is 0.207. The van der Waals surface area contributed by atoms with Crippen LogP contribution in [-0.2, 0) is 17.9 Å². The third kappa shape index (κ3) is 3.66. The van der Waals surface area contributed by atoms with Crippen molar-refractivity contribution in [3.63, 3.8) is 0 Å². The van der Waals surface area contributed by atoms with E-state index in [1.54, 1.807) is 0 Å². The quantitative estimate of drug-likeness (QED) is 0.575. The van der Waals surface area contributed by atoms with Gasteiger partial charge in [-0.05, 0) is 86.5 Å². The van der Waals surface area contributed by atoms with Crippen LogP contribution in [0.2, 0.25) is 0 Å². The van der Waals surface area contributed by atoms with Gasteiger partial charge in [0.1, 0.15) is 0 Å². The van der Waals surface area contributed by atoms with E-state index in [9.17, 15) is 4.79 Å². The zero-order valence-electron chi connectivity index (χ0n) is 20.7. The van der Waals surface area contributed by atoms with Crippen molar-refractivity contribution in [2.75, 3.05) is 0 Å². The minimum Gasteiger partial charge on any atom is -0.383 e. The molecule has 4 nitrogen and oxygen atoms in total. The first kappa shape index (κ1) is 22.2. The average molecular weight is 438 g/mol. The van der Waals surface area contributed by atoms with Gasteiger partial charge in [-0.1, -0.05) is 40.0 Å². The van der Waals surface area contributed by atoms with Crippen LogP contribution >= 0.6 is 0 Å². The lowest BCUT2D eigenvalue weighted by molar-refractivity contribution is -0.130. The third-order valence-electron chi connectivity index (χ3n) is 10.1. The number of hydrogen-bond acceptors (Lipinski definition) is 3. The summed E-state index contributed by atoms with van der Waals surface area (Å²) in [5, 5.41) is 8.08. The molecule has 1 aromatic rings. The highest BCUT2D eigenvalue weighted by Gasteiger charge is 2.57. The summed E-state index contributed by atoms with van der Waals surface area (Å²) in [6, 6.07) is 0. The normalized spacial score (nSPS) is 38.3.